The van der Waals surface area contributed by atoms with Crippen molar-refractivity contribution in [2.24, 2.45) is 4.40 Å². The van der Waals surface area contributed by atoms with E-state index in [2.05, 4.69) is 4.40 Å². The largest absolute Gasteiger partial charge is 0.591 e. The van der Waals surface area contributed by atoms with Crippen LogP contribution in [-0.4, -0.2) is 25.7 Å². The number of hydrogen-bond donors (Lipinski definition) is 1. The smallest absolute Gasteiger partial charge is 0.161 e. The zero-order valence-corrected chi connectivity index (χ0v) is 16.1. The fourth-order valence-corrected chi connectivity index (χ4v) is 2.42. The van der Waals surface area contributed by atoms with Crippen LogP contribution < -0.4 is 4.74 Å². The van der Waals surface area contributed by atoms with Gasteiger partial charge in [-0.1, -0.05) is 10.5 Å². The van der Waals surface area contributed by atoms with Crippen LogP contribution in [0.1, 0.15) is 60.5 Å². The van der Waals surface area contributed by atoms with Gasteiger partial charge in [-0.15, -0.1) is 0 Å². The molecule has 1 atom stereocenters. The van der Waals surface area contributed by atoms with Crippen LogP contribution in [0.3, 0.4) is 0 Å². The van der Waals surface area contributed by atoms with E-state index < -0.39 is 11.4 Å². The van der Waals surface area contributed by atoms with Gasteiger partial charge in [0, 0.05) is 0 Å². The number of aromatic hydroxyl groups is 1. The van der Waals surface area contributed by atoms with Crippen molar-refractivity contribution in [2.45, 2.75) is 71.7 Å². The van der Waals surface area contributed by atoms with Gasteiger partial charge in [-0.05, 0) is 79.0 Å². The van der Waals surface area contributed by atoms with Gasteiger partial charge in [0.1, 0.15) is 21.7 Å². The summed E-state index contributed by atoms with van der Waals surface area (Å²) in [6.07, 6.45) is 1.49. The molecule has 0 fully saturated rings. The maximum absolute atomic E-state index is 12.0. The molecule has 1 N–H and O–H groups in total. The average Bonchev–Trinajstić information content (AvgIpc) is 2.37. The van der Waals surface area contributed by atoms with Gasteiger partial charge >= 0.3 is 0 Å². The first-order valence-electron chi connectivity index (χ1n) is 7.85. The lowest BCUT2D eigenvalue weighted by atomic mass is 10.1. The number of rotatable bonds is 5. The molecule has 0 bridgehead atoms. The summed E-state index contributed by atoms with van der Waals surface area (Å²) in [4.78, 5) is 0. The second kappa shape index (κ2) is 7.58. The minimum absolute atomic E-state index is 0.142. The molecule has 0 unspecified atom stereocenters. The predicted molar refractivity (Wildman–Crippen MR) is 97.8 cm³/mol. The van der Waals surface area contributed by atoms with Crippen LogP contribution in [0.15, 0.2) is 22.6 Å². The van der Waals surface area contributed by atoms with Crippen molar-refractivity contribution in [2.75, 3.05) is 0 Å². The third-order valence-corrected chi connectivity index (χ3v) is 4.50. The van der Waals surface area contributed by atoms with Gasteiger partial charge in [0.15, 0.2) is 11.5 Å². The Morgan fingerprint density at radius 3 is 2.35 bits per heavy atom. The molecule has 0 amide bonds. The fraction of sp³-hybridized carbons (Fsp3) is 0.611. The molecule has 0 saturated heterocycles. The van der Waals surface area contributed by atoms with Crippen molar-refractivity contribution in [3.63, 3.8) is 0 Å². The van der Waals surface area contributed by atoms with Gasteiger partial charge in [0.25, 0.3) is 0 Å². The molecule has 0 aromatic heterocycles. The molecule has 23 heavy (non-hydrogen) atoms. The highest BCUT2D eigenvalue weighted by molar-refractivity contribution is 7.91. The number of aryl methyl sites for hydroxylation is 1. The SMILES string of the molecule is C/C(CCc1ccc(O)c(OC(C)(C)C)c1)=N\[S@+]([O-])C(C)(C)C. The Morgan fingerprint density at radius 1 is 1.22 bits per heavy atom. The lowest BCUT2D eigenvalue weighted by Crippen LogP contribution is -2.26. The predicted octanol–water partition coefficient (Wildman–Crippen LogP) is 4.43. The molecule has 0 heterocycles. The molecule has 1 rings (SSSR count). The van der Waals surface area contributed by atoms with Crippen LogP contribution in [0.2, 0.25) is 0 Å². The first kappa shape index (κ1) is 19.8. The van der Waals surface area contributed by atoms with Crippen LogP contribution in [0.25, 0.3) is 0 Å². The summed E-state index contributed by atoms with van der Waals surface area (Å²) >= 11 is -1.22. The molecule has 0 aliphatic carbocycles. The minimum atomic E-state index is -1.22. The molecule has 0 aliphatic rings. The number of phenols is 1. The standard InChI is InChI=1S/C18H29NO3S/c1-13(19-23(21)18(5,6)7)8-9-14-10-11-15(20)16(12-14)22-17(2,3)4/h10-12,20H,8-9H2,1-7H3/b19-13+/t23-/m1/s1. The van der Waals surface area contributed by atoms with E-state index in [0.717, 1.165) is 24.1 Å². The van der Waals surface area contributed by atoms with Crippen LogP contribution in [0.4, 0.5) is 0 Å². The Bertz CT molecular complexity index is 556. The third-order valence-electron chi connectivity index (χ3n) is 2.98. The quantitative estimate of drug-likeness (QED) is 0.637. The van der Waals surface area contributed by atoms with Crippen molar-refractivity contribution >= 4 is 17.1 Å². The van der Waals surface area contributed by atoms with Gasteiger partial charge < -0.3 is 14.4 Å². The van der Waals surface area contributed by atoms with Crippen molar-refractivity contribution < 1.29 is 14.4 Å². The molecule has 4 nitrogen and oxygen atoms in total. The maximum atomic E-state index is 12.0. The second-order valence-corrected chi connectivity index (χ2v) is 9.61. The fourth-order valence-electron chi connectivity index (χ4n) is 1.78. The van der Waals surface area contributed by atoms with Crippen molar-refractivity contribution in [1.82, 2.24) is 0 Å². The molecule has 0 aliphatic heterocycles. The van der Waals surface area contributed by atoms with Crippen LogP contribution in [-0.2, 0) is 17.8 Å². The van der Waals surface area contributed by atoms with E-state index in [9.17, 15) is 9.66 Å². The summed E-state index contributed by atoms with van der Waals surface area (Å²) in [5, 5.41) is 9.90. The van der Waals surface area contributed by atoms with Crippen LogP contribution >= 0.6 is 0 Å². The van der Waals surface area contributed by atoms with E-state index in [-0.39, 0.29) is 16.1 Å². The second-order valence-electron chi connectivity index (χ2n) is 7.70. The molecule has 0 saturated carbocycles. The Balaban J connectivity index is 2.75. The Hall–Kier alpha value is -1.20. The first-order chi connectivity index (χ1) is 10.4. The number of nitrogens with zero attached hydrogens (tertiary/aromatic N) is 1. The molecule has 0 radical (unpaired) electrons. The average molecular weight is 340 g/mol. The van der Waals surface area contributed by atoms with Gasteiger partial charge in [0.2, 0.25) is 0 Å². The van der Waals surface area contributed by atoms with Crippen LogP contribution in [0.5, 0.6) is 11.5 Å². The number of hydrogen-bond acceptors (Lipinski definition) is 4. The lowest BCUT2D eigenvalue weighted by Gasteiger charge is -2.22. The summed E-state index contributed by atoms with van der Waals surface area (Å²) in [5.74, 6) is 0.630. The summed E-state index contributed by atoms with van der Waals surface area (Å²) in [6.45, 7) is 13.5. The van der Waals surface area contributed by atoms with Gasteiger partial charge in [-0.2, -0.15) is 0 Å². The zero-order valence-electron chi connectivity index (χ0n) is 15.3. The molecule has 130 valence electrons. The van der Waals surface area contributed by atoms with Crippen molar-refractivity contribution in [3.8, 4) is 11.5 Å². The van der Waals surface area contributed by atoms with E-state index in [0.29, 0.717) is 5.75 Å². The topological polar surface area (TPSA) is 64.9 Å². The van der Waals surface area contributed by atoms with E-state index in [1.54, 1.807) is 6.07 Å². The molecular weight excluding hydrogens is 310 g/mol. The van der Waals surface area contributed by atoms with Crippen molar-refractivity contribution in [3.05, 3.63) is 23.8 Å². The van der Waals surface area contributed by atoms with E-state index in [1.165, 1.54) is 0 Å². The molecular formula is C18H29NO3S. The Morgan fingerprint density at radius 2 is 1.83 bits per heavy atom. The summed E-state index contributed by atoms with van der Waals surface area (Å²) < 4.78 is 21.7. The Labute approximate surface area is 143 Å². The van der Waals surface area contributed by atoms with Crippen LogP contribution in [0, 0.1) is 0 Å². The summed E-state index contributed by atoms with van der Waals surface area (Å²) in [5.41, 5.74) is 1.56. The van der Waals surface area contributed by atoms with Gasteiger partial charge in [0.05, 0.1) is 5.71 Å². The first-order valence-corrected chi connectivity index (χ1v) is 8.96. The summed E-state index contributed by atoms with van der Waals surface area (Å²) in [7, 11) is 0. The van der Waals surface area contributed by atoms with Crippen molar-refractivity contribution in [1.29, 1.82) is 0 Å². The number of benzene rings is 1. The van der Waals surface area contributed by atoms with E-state index >= 15 is 0 Å². The minimum Gasteiger partial charge on any atom is -0.591 e. The normalized spacial score (nSPS) is 14.7. The molecule has 5 heteroatoms. The van der Waals surface area contributed by atoms with E-state index in [1.807, 2.05) is 60.6 Å². The monoisotopic (exact) mass is 339 g/mol. The molecule has 0 spiro atoms. The molecule has 1 aromatic carbocycles. The highest BCUT2D eigenvalue weighted by Gasteiger charge is 2.26. The number of phenolic OH excluding ortho intramolecular Hbond substituents is 1. The van der Waals surface area contributed by atoms with Gasteiger partial charge in [-0.25, -0.2) is 0 Å². The lowest BCUT2D eigenvalue weighted by molar-refractivity contribution is 0.126. The van der Waals surface area contributed by atoms with E-state index in [4.69, 9.17) is 4.74 Å². The number of ether oxygens (including phenoxy) is 1. The Kier molecular flexibility index (Phi) is 6.54. The third kappa shape index (κ3) is 7.27. The zero-order chi connectivity index (χ0) is 17.8. The highest BCUT2D eigenvalue weighted by atomic mass is 32.2. The highest BCUT2D eigenvalue weighted by Crippen LogP contribution is 2.30. The maximum Gasteiger partial charge on any atom is 0.161 e. The van der Waals surface area contributed by atoms with Gasteiger partial charge in [-0.3, -0.25) is 0 Å². The summed E-state index contributed by atoms with van der Waals surface area (Å²) in [6, 6.07) is 5.38. The molecule has 1 aromatic rings.